The van der Waals surface area contributed by atoms with Crippen molar-refractivity contribution in [2.24, 2.45) is 0 Å². The van der Waals surface area contributed by atoms with E-state index in [0.717, 1.165) is 10.9 Å². The van der Waals surface area contributed by atoms with Gasteiger partial charge < -0.3 is 9.15 Å². The topological polar surface area (TPSA) is 68.5 Å². The summed E-state index contributed by atoms with van der Waals surface area (Å²) in [6, 6.07) is 5.55. The SMILES string of the molecule is CCOc1cccc2occ(C3CCC(=O)NC3=O)c12. The highest BCUT2D eigenvalue weighted by Gasteiger charge is 2.31. The molecular weight excluding hydrogens is 258 g/mol. The Morgan fingerprint density at radius 1 is 1.40 bits per heavy atom. The van der Waals surface area contributed by atoms with E-state index in [2.05, 4.69) is 5.32 Å². The van der Waals surface area contributed by atoms with Crippen LogP contribution < -0.4 is 10.1 Å². The number of nitrogens with one attached hydrogen (secondary N) is 1. The van der Waals surface area contributed by atoms with Crippen molar-refractivity contribution >= 4 is 22.8 Å². The minimum atomic E-state index is -0.365. The molecule has 3 rings (SSSR count). The molecule has 1 aliphatic rings. The predicted octanol–water partition coefficient (Wildman–Crippen LogP) is 2.35. The molecule has 1 unspecified atom stereocenters. The molecule has 0 aliphatic carbocycles. The van der Waals surface area contributed by atoms with Gasteiger partial charge in [0.2, 0.25) is 11.8 Å². The fourth-order valence-electron chi connectivity index (χ4n) is 2.60. The van der Waals surface area contributed by atoms with Crippen molar-refractivity contribution in [1.82, 2.24) is 5.32 Å². The lowest BCUT2D eigenvalue weighted by Crippen LogP contribution is -2.39. The average molecular weight is 273 g/mol. The molecule has 5 heteroatoms. The average Bonchev–Trinajstić information content (AvgIpc) is 2.84. The number of fused-ring (bicyclic) bond motifs is 1. The Morgan fingerprint density at radius 2 is 2.25 bits per heavy atom. The monoisotopic (exact) mass is 273 g/mol. The third-order valence-electron chi connectivity index (χ3n) is 3.50. The molecule has 20 heavy (non-hydrogen) atoms. The molecule has 5 nitrogen and oxygen atoms in total. The van der Waals surface area contributed by atoms with Crippen LogP contribution in [0.4, 0.5) is 0 Å². The summed E-state index contributed by atoms with van der Waals surface area (Å²) in [6.45, 7) is 2.45. The van der Waals surface area contributed by atoms with Gasteiger partial charge in [0.25, 0.3) is 0 Å². The zero-order chi connectivity index (χ0) is 14.1. The first-order valence-corrected chi connectivity index (χ1v) is 6.67. The summed E-state index contributed by atoms with van der Waals surface area (Å²) in [7, 11) is 0. The second-order valence-corrected chi connectivity index (χ2v) is 4.76. The van der Waals surface area contributed by atoms with Gasteiger partial charge in [-0.25, -0.2) is 0 Å². The summed E-state index contributed by atoms with van der Waals surface area (Å²) in [5.41, 5.74) is 1.48. The number of benzene rings is 1. The summed E-state index contributed by atoms with van der Waals surface area (Å²) in [6.07, 6.45) is 2.44. The van der Waals surface area contributed by atoms with Gasteiger partial charge in [0.05, 0.1) is 24.2 Å². The lowest BCUT2D eigenvalue weighted by atomic mass is 9.90. The van der Waals surface area contributed by atoms with Gasteiger partial charge >= 0.3 is 0 Å². The molecule has 0 bridgehead atoms. The van der Waals surface area contributed by atoms with Crippen molar-refractivity contribution in [2.75, 3.05) is 6.61 Å². The maximum atomic E-state index is 12.0. The van der Waals surface area contributed by atoms with E-state index in [-0.39, 0.29) is 17.7 Å². The second-order valence-electron chi connectivity index (χ2n) is 4.76. The molecule has 0 spiro atoms. The Balaban J connectivity index is 2.07. The van der Waals surface area contributed by atoms with Crippen molar-refractivity contribution in [3.63, 3.8) is 0 Å². The normalized spacial score (nSPS) is 19.1. The van der Waals surface area contributed by atoms with Crippen LogP contribution in [0.5, 0.6) is 5.75 Å². The van der Waals surface area contributed by atoms with Crippen molar-refractivity contribution in [1.29, 1.82) is 0 Å². The number of piperidine rings is 1. The molecule has 0 radical (unpaired) electrons. The van der Waals surface area contributed by atoms with Crippen molar-refractivity contribution in [3.05, 3.63) is 30.0 Å². The Hall–Kier alpha value is -2.30. The van der Waals surface area contributed by atoms with E-state index in [0.29, 0.717) is 30.8 Å². The van der Waals surface area contributed by atoms with Crippen LogP contribution in [-0.2, 0) is 9.59 Å². The molecule has 1 fully saturated rings. The number of carbonyl (C=O) groups is 2. The molecular formula is C15H15NO4. The zero-order valence-electron chi connectivity index (χ0n) is 11.1. The molecule has 1 N–H and O–H groups in total. The molecule has 2 heterocycles. The van der Waals surface area contributed by atoms with Crippen LogP contribution in [0.15, 0.2) is 28.9 Å². The molecule has 0 saturated carbocycles. The minimum absolute atomic E-state index is 0.218. The first-order chi connectivity index (χ1) is 9.70. The summed E-state index contributed by atoms with van der Waals surface area (Å²) in [5.74, 6) is -0.145. The van der Waals surface area contributed by atoms with E-state index in [1.165, 1.54) is 0 Å². The lowest BCUT2D eigenvalue weighted by molar-refractivity contribution is -0.134. The van der Waals surface area contributed by atoms with E-state index in [9.17, 15) is 9.59 Å². The third-order valence-corrected chi connectivity index (χ3v) is 3.50. The van der Waals surface area contributed by atoms with Gasteiger partial charge in [-0.05, 0) is 25.5 Å². The van der Waals surface area contributed by atoms with E-state index >= 15 is 0 Å². The fraction of sp³-hybridized carbons (Fsp3) is 0.333. The van der Waals surface area contributed by atoms with Gasteiger partial charge in [-0.15, -0.1) is 0 Å². The molecule has 1 saturated heterocycles. The van der Waals surface area contributed by atoms with E-state index in [1.54, 1.807) is 6.26 Å². The molecule has 1 aromatic heterocycles. The maximum Gasteiger partial charge on any atom is 0.234 e. The van der Waals surface area contributed by atoms with Crippen LogP contribution in [0, 0.1) is 0 Å². The van der Waals surface area contributed by atoms with Gasteiger partial charge in [-0.3, -0.25) is 14.9 Å². The number of amides is 2. The van der Waals surface area contributed by atoms with E-state index in [4.69, 9.17) is 9.15 Å². The summed E-state index contributed by atoms with van der Waals surface area (Å²) in [5, 5.41) is 3.20. The predicted molar refractivity (Wildman–Crippen MR) is 72.5 cm³/mol. The highest BCUT2D eigenvalue weighted by molar-refractivity contribution is 6.03. The molecule has 104 valence electrons. The molecule has 2 aromatic rings. The van der Waals surface area contributed by atoms with Crippen LogP contribution >= 0.6 is 0 Å². The Bertz CT molecular complexity index is 674. The molecule has 1 atom stereocenters. The highest BCUT2D eigenvalue weighted by atomic mass is 16.5. The molecule has 1 aromatic carbocycles. The Morgan fingerprint density at radius 3 is 3.00 bits per heavy atom. The zero-order valence-corrected chi connectivity index (χ0v) is 11.1. The van der Waals surface area contributed by atoms with Crippen LogP contribution in [0.2, 0.25) is 0 Å². The number of ether oxygens (including phenoxy) is 1. The van der Waals surface area contributed by atoms with Gasteiger partial charge in [0.1, 0.15) is 11.3 Å². The highest BCUT2D eigenvalue weighted by Crippen LogP contribution is 2.37. The lowest BCUT2D eigenvalue weighted by Gasteiger charge is -2.20. The summed E-state index contributed by atoms with van der Waals surface area (Å²) < 4.78 is 11.1. The van der Waals surface area contributed by atoms with Crippen LogP contribution in [-0.4, -0.2) is 18.4 Å². The standard InChI is InChI=1S/C15H15NO4/c1-2-19-11-4-3-5-12-14(11)10(8-20-12)9-6-7-13(17)16-15(9)18/h3-5,8-9H,2,6-7H2,1H3,(H,16,17,18). The largest absolute Gasteiger partial charge is 0.493 e. The van der Waals surface area contributed by atoms with Gasteiger partial charge in [-0.1, -0.05) is 6.07 Å². The fourth-order valence-corrected chi connectivity index (χ4v) is 2.60. The first kappa shape index (κ1) is 12.7. The van der Waals surface area contributed by atoms with Crippen molar-refractivity contribution in [3.8, 4) is 5.75 Å². The van der Waals surface area contributed by atoms with Gasteiger partial charge in [0.15, 0.2) is 0 Å². The summed E-state index contributed by atoms with van der Waals surface area (Å²) in [4.78, 5) is 23.2. The Kier molecular flexibility index (Phi) is 3.18. The van der Waals surface area contributed by atoms with E-state index in [1.807, 2.05) is 25.1 Å². The van der Waals surface area contributed by atoms with Gasteiger partial charge in [0, 0.05) is 12.0 Å². The number of hydrogen-bond acceptors (Lipinski definition) is 4. The van der Waals surface area contributed by atoms with Gasteiger partial charge in [-0.2, -0.15) is 0 Å². The number of furan rings is 1. The number of hydrogen-bond donors (Lipinski definition) is 1. The number of rotatable bonds is 3. The number of imide groups is 1. The van der Waals surface area contributed by atoms with Crippen LogP contribution in [0.25, 0.3) is 11.0 Å². The van der Waals surface area contributed by atoms with Crippen LogP contribution in [0.1, 0.15) is 31.2 Å². The van der Waals surface area contributed by atoms with Crippen LogP contribution in [0.3, 0.4) is 0 Å². The maximum absolute atomic E-state index is 12.0. The third kappa shape index (κ3) is 2.05. The number of carbonyl (C=O) groups excluding carboxylic acids is 2. The van der Waals surface area contributed by atoms with Crippen molar-refractivity contribution in [2.45, 2.75) is 25.7 Å². The smallest absolute Gasteiger partial charge is 0.234 e. The van der Waals surface area contributed by atoms with E-state index < -0.39 is 0 Å². The molecule has 1 aliphatic heterocycles. The minimum Gasteiger partial charge on any atom is -0.493 e. The molecule has 2 amide bonds. The quantitative estimate of drug-likeness (QED) is 0.872. The Labute approximate surface area is 115 Å². The summed E-state index contributed by atoms with van der Waals surface area (Å²) >= 11 is 0. The van der Waals surface area contributed by atoms with Crippen molar-refractivity contribution < 1.29 is 18.7 Å². The first-order valence-electron chi connectivity index (χ1n) is 6.67. The second kappa shape index (κ2) is 5.00.